The molecule has 0 aliphatic carbocycles. The standard InChI is InChI=1S/C25H28N6O3/c1-2-34-24(32)14-28-25(33)23-17-31(15-19-8-6-18(7-9-19)12-29-26)16-22(23)11-20-4-3-5-21(10-20)13-30-27/h3-10,12-13,16-17H,2,11,14-15,26-27H2,1H3,(H,28,33). The first-order valence-electron chi connectivity index (χ1n) is 10.8. The summed E-state index contributed by atoms with van der Waals surface area (Å²) in [5, 5.41) is 9.75. The van der Waals surface area contributed by atoms with E-state index in [1.165, 1.54) is 0 Å². The van der Waals surface area contributed by atoms with E-state index in [9.17, 15) is 9.59 Å². The topological polar surface area (TPSA) is 137 Å². The molecule has 3 aromatic rings. The Bertz CT molecular complexity index is 1180. The Kier molecular flexibility index (Phi) is 8.56. The van der Waals surface area contributed by atoms with Gasteiger partial charge < -0.3 is 26.3 Å². The maximum Gasteiger partial charge on any atom is 0.325 e. The number of rotatable bonds is 10. The molecule has 0 spiro atoms. The van der Waals surface area contributed by atoms with Crippen LogP contribution in [0.25, 0.3) is 0 Å². The second-order valence-electron chi connectivity index (χ2n) is 7.58. The Morgan fingerprint density at radius 3 is 2.44 bits per heavy atom. The summed E-state index contributed by atoms with van der Waals surface area (Å²) in [5.74, 6) is 9.66. The van der Waals surface area contributed by atoms with Crippen molar-refractivity contribution in [3.05, 3.63) is 94.3 Å². The number of nitrogens with zero attached hydrogens (tertiary/aromatic N) is 3. The second kappa shape index (κ2) is 12.0. The number of carbonyl (C=O) groups is 2. The average Bonchev–Trinajstić information content (AvgIpc) is 3.21. The molecule has 1 aromatic heterocycles. The van der Waals surface area contributed by atoms with Crippen LogP contribution in [0.2, 0.25) is 0 Å². The van der Waals surface area contributed by atoms with E-state index in [2.05, 4.69) is 15.5 Å². The Labute approximate surface area is 198 Å². The van der Waals surface area contributed by atoms with Gasteiger partial charge in [0.05, 0.1) is 24.6 Å². The molecule has 0 fully saturated rings. The summed E-state index contributed by atoms with van der Waals surface area (Å²) in [6, 6.07) is 15.6. The summed E-state index contributed by atoms with van der Waals surface area (Å²) in [6.07, 6.45) is 7.40. The minimum atomic E-state index is -0.480. The molecule has 0 aliphatic rings. The van der Waals surface area contributed by atoms with E-state index in [0.29, 0.717) is 18.5 Å². The van der Waals surface area contributed by atoms with E-state index in [1.54, 1.807) is 25.5 Å². The smallest absolute Gasteiger partial charge is 0.325 e. The fraction of sp³-hybridized carbons (Fsp3) is 0.200. The van der Waals surface area contributed by atoms with Crippen LogP contribution in [0.1, 0.15) is 45.1 Å². The minimum Gasteiger partial charge on any atom is -0.465 e. The highest BCUT2D eigenvalue weighted by Crippen LogP contribution is 2.18. The first-order valence-corrected chi connectivity index (χ1v) is 10.8. The number of esters is 1. The zero-order chi connectivity index (χ0) is 24.3. The van der Waals surface area contributed by atoms with E-state index in [1.807, 2.05) is 59.3 Å². The van der Waals surface area contributed by atoms with Gasteiger partial charge >= 0.3 is 5.97 Å². The van der Waals surface area contributed by atoms with Crippen LogP contribution < -0.4 is 17.0 Å². The lowest BCUT2D eigenvalue weighted by atomic mass is 10.0. The van der Waals surface area contributed by atoms with Crippen LogP contribution in [0.3, 0.4) is 0 Å². The number of ether oxygens (including phenoxy) is 1. The lowest BCUT2D eigenvalue weighted by Crippen LogP contribution is -2.31. The van der Waals surface area contributed by atoms with Crippen molar-refractivity contribution in [3.8, 4) is 0 Å². The SMILES string of the molecule is CCOC(=O)CNC(=O)c1cn(Cc2ccc(C=NN)cc2)cc1Cc1cccc(C=NN)c1. The summed E-state index contributed by atoms with van der Waals surface area (Å²) >= 11 is 0. The number of hydrazone groups is 2. The van der Waals surface area contributed by atoms with Crippen LogP contribution in [0.15, 0.2) is 71.1 Å². The predicted octanol–water partition coefficient (Wildman–Crippen LogP) is 2.01. The summed E-state index contributed by atoms with van der Waals surface area (Å²) in [4.78, 5) is 24.6. The molecule has 3 rings (SSSR count). The van der Waals surface area contributed by atoms with Gasteiger partial charge in [-0.3, -0.25) is 9.59 Å². The molecule has 9 nitrogen and oxygen atoms in total. The van der Waals surface area contributed by atoms with E-state index < -0.39 is 5.97 Å². The fourth-order valence-electron chi connectivity index (χ4n) is 3.55. The van der Waals surface area contributed by atoms with Gasteiger partial charge in [-0.05, 0) is 47.2 Å². The highest BCUT2D eigenvalue weighted by atomic mass is 16.5. The normalized spacial score (nSPS) is 11.2. The van der Waals surface area contributed by atoms with Gasteiger partial charge in [-0.1, -0.05) is 42.5 Å². The van der Waals surface area contributed by atoms with Crippen molar-refractivity contribution in [2.45, 2.75) is 19.9 Å². The lowest BCUT2D eigenvalue weighted by molar-refractivity contribution is -0.141. The first kappa shape index (κ1) is 24.2. The third-order valence-corrected chi connectivity index (χ3v) is 5.04. The molecule has 176 valence electrons. The van der Waals surface area contributed by atoms with Crippen molar-refractivity contribution in [2.75, 3.05) is 13.2 Å². The van der Waals surface area contributed by atoms with Gasteiger partial charge in [-0.25, -0.2) is 0 Å². The number of carbonyl (C=O) groups excluding carboxylic acids is 2. The van der Waals surface area contributed by atoms with E-state index >= 15 is 0 Å². The minimum absolute atomic E-state index is 0.191. The zero-order valence-electron chi connectivity index (χ0n) is 19.0. The number of hydrogen-bond acceptors (Lipinski definition) is 7. The third kappa shape index (κ3) is 6.80. The molecule has 0 unspecified atom stereocenters. The van der Waals surface area contributed by atoms with Gasteiger partial charge in [-0.15, -0.1) is 0 Å². The highest BCUT2D eigenvalue weighted by molar-refractivity contribution is 5.97. The fourth-order valence-corrected chi connectivity index (χ4v) is 3.55. The van der Waals surface area contributed by atoms with E-state index in [0.717, 1.165) is 27.8 Å². The number of aromatic nitrogens is 1. The summed E-state index contributed by atoms with van der Waals surface area (Å²) < 4.78 is 6.85. The van der Waals surface area contributed by atoms with E-state index in [4.69, 9.17) is 16.4 Å². The average molecular weight is 461 g/mol. The zero-order valence-corrected chi connectivity index (χ0v) is 19.0. The van der Waals surface area contributed by atoms with Crippen molar-refractivity contribution in [2.24, 2.45) is 21.9 Å². The number of hydrogen-bond donors (Lipinski definition) is 3. The largest absolute Gasteiger partial charge is 0.465 e. The monoisotopic (exact) mass is 460 g/mol. The summed E-state index contributed by atoms with van der Waals surface area (Å²) in [5.41, 5.74) is 5.15. The quantitative estimate of drug-likeness (QED) is 0.184. The molecule has 1 amide bonds. The molecule has 0 saturated heterocycles. The van der Waals surface area contributed by atoms with Crippen LogP contribution in [-0.2, 0) is 22.5 Å². The molecule has 2 aromatic carbocycles. The molecule has 0 radical (unpaired) electrons. The Morgan fingerprint density at radius 2 is 1.74 bits per heavy atom. The van der Waals surface area contributed by atoms with Crippen molar-refractivity contribution in [1.29, 1.82) is 0 Å². The molecule has 0 aliphatic heterocycles. The Hall–Kier alpha value is -4.40. The van der Waals surface area contributed by atoms with Gasteiger partial charge in [0.2, 0.25) is 0 Å². The van der Waals surface area contributed by atoms with Gasteiger partial charge in [0, 0.05) is 18.9 Å². The van der Waals surface area contributed by atoms with Gasteiger partial charge in [0.15, 0.2) is 0 Å². The summed E-state index contributed by atoms with van der Waals surface area (Å²) in [7, 11) is 0. The summed E-state index contributed by atoms with van der Waals surface area (Å²) in [6.45, 7) is 2.35. The van der Waals surface area contributed by atoms with Crippen LogP contribution >= 0.6 is 0 Å². The van der Waals surface area contributed by atoms with Crippen LogP contribution in [-0.4, -0.2) is 42.0 Å². The second-order valence-corrected chi connectivity index (χ2v) is 7.58. The molecular formula is C25H28N6O3. The van der Waals surface area contributed by atoms with Gasteiger partial charge in [0.25, 0.3) is 5.91 Å². The van der Waals surface area contributed by atoms with Crippen LogP contribution in [0.4, 0.5) is 0 Å². The molecule has 0 bridgehead atoms. The number of nitrogens with two attached hydrogens (primary N) is 2. The van der Waals surface area contributed by atoms with Crippen LogP contribution in [0, 0.1) is 0 Å². The third-order valence-electron chi connectivity index (χ3n) is 5.04. The lowest BCUT2D eigenvalue weighted by Gasteiger charge is -2.07. The molecule has 1 heterocycles. The Balaban J connectivity index is 1.85. The maximum atomic E-state index is 12.9. The van der Waals surface area contributed by atoms with Gasteiger partial charge in [-0.2, -0.15) is 10.2 Å². The van der Waals surface area contributed by atoms with Crippen molar-refractivity contribution in [3.63, 3.8) is 0 Å². The molecular weight excluding hydrogens is 432 g/mol. The Morgan fingerprint density at radius 1 is 1.00 bits per heavy atom. The molecule has 34 heavy (non-hydrogen) atoms. The molecule has 0 atom stereocenters. The number of amides is 1. The number of nitrogens with one attached hydrogen (secondary N) is 1. The van der Waals surface area contributed by atoms with E-state index in [-0.39, 0.29) is 19.1 Å². The molecule has 9 heteroatoms. The van der Waals surface area contributed by atoms with Crippen molar-refractivity contribution >= 4 is 24.3 Å². The first-order chi connectivity index (χ1) is 16.5. The highest BCUT2D eigenvalue weighted by Gasteiger charge is 2.17. The van der Waals surface area contributed by atoms with Crippen molar-refractivity contribution < 1.29 is 14.3 Å². The molecule has 0 saturated carbocycles. The van der Waals surface area contributed by atoms with Crippen LogP contribution in [0.5, 0.6) is 0 Å². The number of benzene rings is 2. The van der Waals surface area contributed by atoms with Gasteiger partial charge in [0.1, 0.15) is 6.54 Å². The van der Waals surface area contributed by atoms with Crippen molar-refractivity contribution in [1.82, 2.24) is 9.88 Å². The molecule has 5 N–H and O–H groups in total. The predicted molar refractivity (Wildman–Crippen MR) is 132 cm³/mol. The maximum absolute atomic E-state index is 12.9.